The Kier molecular flexibility index (Phi) is 7.08. The van der Waals surface area contributed by atoms with Crippen LogP contribution in [0.2, 0.25) is 0 Å². The lowest BCUT2D eigenvalue weighted by Crippen LogP contribution is -2.39. The van der Waals surface area contributed by atoms with E-state index in [1.807, 2.05) is 24.3 Å². The Morgan fingerprint density at radius 3 is 2.31 bits per heavy atom. The molecule has 1 aromatic carbocycles. The average Bonchev–Trinajstić information content (AvgIpc) is 2.59. The van der Waals surface area contributed by atoms with E-state index in [9.17, 15) is 9.59 Å². The summed E-state index contributed by atoms with van der Waals surface area (Å²) in [7, 11) is 0. The van der Waals surface area contributed by atoms with Gasteiger partial charge < -0.3 is 30.3 Å². The number of carbonyl (C=O) groups excluding carboxylic acids is 2. The molecule has 3 amide bonds. The van der Waals surface area contributed by atoms with Crippen LogP contribution in [0.25, 0.3) is 0 Å². The third kappa shape index (κ3) is 7.18. The number of rotatable bonds is 5. The van der Waals surface area contributed by atoms with Crippen LogP contribution in [0.4, 0.5) is 21.0 Å². The van der Waals surface area contributed by atoms with Gasteiger partial charge in [-0.15, -0.1) is 0 Å². The molecule has 0 saturated carbocycles. The molecule has 1 aliphatic rings. The first-order valence-electron chi connectivity index (χ1n) is 8.78. The molecule has 1 aliphatic heterocycles. The molecule has 0 aromatic heterocycles. The highest BCUT2D eigenvalue weighted by atomic mass is 16.6. The van der Waals surface area contributed by atoms with E-state index in [0.29, 0.717) is 12.2 Å². The molecule has 3 N–H and O–H groups in total. The summed E-state index contributed by atoms with van der Waals surface area (Å²) in [5.74, 6) is 0. The molecule has 0 aliphatic carbocycles. The van der Waals surface area contributed by atoms with Crippen LogP contribution in [0.15, 0.2) is 24.3 Å². The van der Waals surface area contributed by atoms with Crippen molar-refractivity contribution in [1.82, 2.24) is 10.6 Å². The first-order chi connectivity index (χ1) is 12.3. The van der Waals surface area contributed by atoms with E-state index in [1.54, 1.807) is 20.8 Å². The van der Waals surface area contributed by atoms with Gasteiger partial charge in [-0.1, -0.05) is 0 Å². The Morgan fingerprint density at radius 2 is 1.69 bits per heavy atom. The summed E-state index contributed by atoms with van der Waals surface area (Å²) >= 11 is 0. The van der Waals surface area contributed by atoms with Crippen LogP contribution in [0.1, 0.15) is 20.8 Å². The summed E-state index contributed by atoms with van der Waals surface area (Å²) in [5.41, 5.74) is 1.28. The molecule has 26 heavy (non-hydrogen) atoms. The summed E-state index contributed by atoms with van der Waals surface area (Å²) in [4.78, 5) is 25.6. The topological polar surface area (TPSA) is 91.9 Å². The quantitative estimate of drug-likeness (QED) is 0.697. The second kappa shape index (κ2) is 9.28. The minimum atomic E-state index is -0.539. The lowest BCUT2D eigenvalue weighted by molar-refractivity contribution is 0.0528. The van der Waals surface area contributed by atoms with E-state index in [4.69, 9.17) is 9.47 Å². The van der Waals surface area contributed by atoms with Gasteiger partial charge in [0.1, 0.15) is 5.60 Å². The maximum atomic E-state index is 11.9. The van der Waals surface area contributed by atoms with Crippen LogP contribution in [-0.4, -0.2) is 57.1 Å². The second-order valence-electron chi connectivity index (χ2n) is 6.96. The highest BCUT2D eigenvalue weighted by Gasteiger charge is 2.15. The van der Waals surface area contributed by atoms with Gasteiger partial charge in [0.15, 0.2) is 0 Å². The first-order valence-corrected chi connectivity index (χ1v) is 8.78. The number of morpholine rings is 1. The third-order valence-electron chi connectivity index (χ3n) is 3.58. The second-order valence-corrected chi connectivity index (χ2v) is 6.96. The lowest BCUT2D eigenvalue weighted by Gasteiger charge is -2.28. The van der Waals surface area contributed by atoms with E-state index in [1.165, 1.54) is 0 Å². The number of carbonyl (C=O) groups is 2. The molecule has 144 valence electrons. The number of alkyl carbamates (subject to hydrolysis) is 1. The predicted octanol–water partition coefficient (Wildman–Crippen LogP) is 2.17. The van der Waals surface area contributed by atoms with E-state index in [0.717, 1.165) is 32.0 Å². The van der Waals surface area contributed by atoms with Crippen LogP contribution >= 0.6 is 0 Å². The minimum Gasteiger partial charge on any atom is -0.444 e. The fourth-order valence-corrected chi connectivity index (χ4v) is 2.41. The molecule has 0 unspecified atom stereocenters. The van der Waals surface area contributed by atoms with Crippen LogP contribution in [0, 0.1) is 0 Å². The monoisotopic (exact) mass is 364 g/mol. The molecule has 0 bridgehead atoms. The fraction of sp³-hybridized carbons (Fsp3) is 0.556. The molecule has 0 spiro atoms. The number of benzene rings is 1. The van der Waals surface area contributed by atoms with Crippen molar-refractivity contribution in [2.75, 3.05) is 49.6 Å². The molecule has 8 heteroatoms. The first kappa shape index (κ1) is 19.8. The summed E-state index contributed by atoms with van der Waals surface area (Å²) in [5, 5.41) is 8.02. The van der Waals surface area contributed by atoms with Crippen molar-refractivity contribution >= 4 is 23.5 Å². The molecule has 0 radical (unpaired) electrons. The third-order valence-corrected chi connectivity index (χ3v) is 3.58. The SMILES string of the molecule is CC(C)(C)OC(=O)NCCNC(=O)Nc1ccc(N2CCOCC2)cc1. The van der Waals surface area contributed by atoms with Gasteiger partial charge in [-0.05, 0) is 45.0 Å². The van der Waals surface area contributed by atoms with E-state index in [-0.39, 0.29) is 12.6 Å². The molecular formula is C18H28N4O4. The van der Waals surface area contributed by atoms with Gasteiger partial charge in [0, 0.05) is 37.6 Å². The lowest BCUT2D eigenvalue weighted by atomic mass is 10.2. The summed E-state index contributed by atoms with van der Waals surface area (Å²) in [6.45, 7) is 9.19. The summed E-state index contributed by atoms with van der Waals surface area (Å²) in [6.07, 6.45) is -0.501. The van der Waals surface area contributed by atoms with Crippen molar-refractivity contribution in [3.05, 3.63) is 24.3 Å². The van der Waals surface area contributed by atoms with Crippen molar-refractivity contribution in [2.45, 2.75) is 26.4 Å². The zero-order valence-electron chi connectivity index (χ0n) is 15.6. The Hall–Kier alpha value is -2.48. The van der Waals surface area contributed by atoms with Gasteiger partial charge in [-0.25, -0.2) is 9.59 Å². The Morgan fingerprint density at radius 1 is 1.08 bits per heavy atom. The number of ether oxygens (including phenoxy) is 2. The van der Waals surface area contributed by atoms with Crippen LogP contribution in [0.3, 0.4) is 0 Å². The smallest absolute Gasteiger partial charge is 0.407 e. The molecule has 8 nitrogen and oxygen atoms in total. The van der Waals surface area contributed by atoms with Crippen molar-refractivity contribution < 1.29 is 19.1 Å². The molecule has 0 atom stereocenters. The molecule has 1 saturated heterocycles. The minimum absolute atomic E-state index is 0.290. The molecular weight excluding hydrogens is 336 g/mol. The van der Waals surface area contributed by atoms with Crippen molar-refractivity contribution in [3.63, 3.8) is 0 Å². The molecule has 1 aromatic rings. The molecule has 2 rings (SSSR count). The normalized spacial score (nSPS) is 14.5. The standard InChI is InChI=1S/C18H28N4O4/c1-18(2,3)26-17(24)20-9-8-19-16(23)21-14-4-6-15(7-5-14)22-10-12-25-13-11-22/h4-7H,8-13H2,1-3H3,(H,20,24)(H2,19,21,23). The van der Waals surface area contributed by atoms with E-state index in [2.05, 4.69) is 20.9 Å². The van der Waals surface area contributed by atoms with Gasteiger partial charge in [0.25, 0.3) is 0 Å². The van der Waals surface area contributed by atoms with Gasteiger partial charge in [0.2, 0.25) is 0 Å². The van der Waals surface area contributed by atoms with Crippen molar-refractivity contribution in [2.24, 2.45) is 0 Å². The molecule has 1 fully saturated rings. The fourth-order valence-electron chi connectivity index (χ4n) is 2.41. The maximum Gasteiger partial charge on any atom is 0.407 e. The number of hydrogen-bond donors (Lipinski definition) is 3. The van der Waals surface area contributed by atoms with E-state index < -0.39 is 11.7 Å². The Balaban J connectivity index is 1.67. The number of anilines is 2. The zero-order chi connectivity index (χ0) is 19.0. The molecule has 1 heterocycles. The van der Waals surface area contributed by atoms with Gasteiger partial charge in [-0.2, -0.15) is 0 Å². The van der Waals surface area contributed by atoms with E-state index >= 15 is 0 Å². The number of urea groups is 1. The average molecular weight is 364 g/mol. The highest BCUT2D eigenvalue weighted by molar-refractivity contribution is 5.89. The number of nitrogens with zero attached hydrogens (tertiary/aromatic N) is 1. The Bertz CT molecular complexity index is 592. The predicted molar refractivity (Wildman–Crippen MR) is 101 cm³/mol. The Labute approximate surface area is 154 Å². The zero-order valence-corrected chi connectivity index (χ0v) is 15.6. The van der Waals surface area contributed by atoms with Crippen LogP contribution in [-0.2, 0) is 9.47 Å². The summed E-state index contributed by atoms with van der Waals surface area (Å²) < 4.78 is 10.5. The van der Waals surface area contributed by atoms with Crippen molar-refractivity contribution in [3.8, 4) is 0 Å². The van der Waals surface area contributed by atoms with Gasteiger partial charge in [0.05, 0.1) is 13.2 Å². The number of amides is 3. The van der Waals surface area contributed by atoms with Gasteiger partial charge in [-0.3, -0.25) is 0 Å². The van der Waals surface area contributed by atoms with Gasteiger partial charge >= 0.3 is 12.1 Å². The number of nitrogens with one attached hydrogen (secondary N) is 3. The highest BCUT2D eigenvalue weighted by Crippen LogP contribution is 2.18. The summed E-state index contributed by atoms with van der Waals surface area (Å²) in [6, 6.07) is 7.36. The maximum absolute atomic E-state index is 11.9. The number of hydrogen-bond acceptors (Lipinski definition) is 5. The van der Waals surface area contributed by atoms with Crippen molar-refractivity contribution in [1.29, 1.82) is 0 Å². The largest absolute Gasteiger partial charge is 0.444 e. The van der Waals surface area contributed by atoms with Crippen LogP contribution in [0.5, 0.6) is 0 Å². The van der Waals surface area contributed by atoms with Crippen LogP contribution < -0.4 is 20.9 Å².